The summed E-state index contributed by atoms with van der Waals surface area (Å²) in [4.78, 5) is 31.5. The number of aromatic hydroxyl groups is 2. The molecule has 1 aliphatic rings. The van der Waals surface area contributed by atoms with Crippen molar-refractivity contribution in [1.82, 2.24) is 9.97 Å². The summed E-state index contributed by atoms with van der Waals surface area (Å²) in [6.07, 6.45) is 1.74. The number of nitrogens with one attached hydrogen (secondary N) is 2. The van der Waals surface area contributed by atoms with E-state index in [0.717, 1.165) is 0 Å². The molecule has 1 aromatic heterocycles. The minimum absolute atomic E-state index is 0.0567. The maximum absolute atomic E-state index is 12.5. The summed E-state index contributed by atoms with van der Waals surface area (Å²) in [5.74, 6) is -0.581. The van der Waals surface area contributed by atoms with E-state index in [-0.39, 0.29) is 35.2 Å². The number of rotatable bonds is 4. The van der Waals surface area contributed by atoms with E-state index in [4.69, 9.17) is 0 Å². The number of hydrogen-bond acceptors (Lipinski definition) is 6. The molecule has 2 aromatic rings. The molecule has 1 aliphatic heterocycles. The number of benzene rings is 1. The number of phenols is 2. The minimum atomic E-state index is -0.546. The van der Waals surface area contributed by atoms with Gasteiger partial charge in [0.25, 0.3) is 5.56 Å². The number of amides is 1. The first-order valence-corrected chi connectivity index (χ1v) is 8.17. The summed E-state index contributed by atoms with van der Waals surface area (Å²) in [6, 6.07) is 4.25. The smallest absolute Gasteiger partial charge is 0.257 e. The number of nitrogens with zero attached hydrogens (tertiary/aromatic N) is 1. The third kappa shape index (κ3) is 3.00. The average molecular weight is 345 g/mol. The van der Waals surface area contributed by atoms with Crippen LogP contribution in [0, 0.1) is 0 Å². The fraction of sp³-hybridized carbons (Fsp3) is 0.188. The van der Waals surface area contributed by atoms with Gasteiger partial charge in [0.15, 0.2) is 16.7 Å². The van der Waals surface area contributed by atoms with E-state index in [1.165, 1.54) is 23.9 Å². The highest BCUT2D eigenvalue weighted by Gasteiger charge is 2.31. The Labute approximate surface area is 141 Å². The van der Waals surface area contributed by atoms with Gasteiger partial charge in [-0.05, 0) is 17.7 Å². The van der Waals surface area contributed by atoms with Crippen molar-refractivity contribution in [2.24, 2.45) is 0 Å². The predicted octanol–water partition coefficient (Wildman–Crippen LogP) is 1.93. The van der Waals surface area contributed by atoms with Crippen LogP contribution in [0.4, 0.5) is 5.82 Å². The SMILES string of the molecule is C=CCSc1nc2c(c(=O)[nH]1)[C@@H](c1ccc(O)c(O)c1)CC(=O)N2. The molecule has 0 saturated carbocycles. The van der Waals surface area contributed by atoms with Crippen molar-refractivity contribution < 1.29 is 15.0 Å². The molecule has 0 bridgehead atoms. The van der Waals surface area contributed by atoms with Gasteiger partial charge in [0, 0.05) is 18.1 Å². The van der Waals surface area contributed by atoms with E-state index >= 15 is 0 Å². The summed E-state index contributed by atoms with van der Waals surface area (Å²) in [7, 11) is 0. The molecule has 0 fully saturated rings. The molecule has 1 amide bonds. The van der Waals surface area contributed by atoms with E-state index in [2.05, 4.69) is 21.9 Å². The van der Waals surface area contributed by atoms with E-state index in [1.807, 2.05) is 0 Å². The lowest BCUT2D eigenvalue weighted by Gasteiger charge is -2.24. The van der Waals surface area contributed by atoms with Crippen molar-refractivity contribution in [1.29, 1.82) is 0 Å². The number of thioether (sulfide) groups is 1. The van der Waals surface area contributed by atoms with Gasteiger partial charge >= 0.3 is 0 Å². The standard InChI is InChI=1S/C16H15N3O4S/c1-2-5-24-16-18-14-13(15(23)19-16)9(7-12(22)17-14)8-3-4-10(20)11(21)6-8/h2-4,6,9,20-21H,1,5,7H2,(H2,17,18,19,22,23)/t9-/m1/s1. The van der Waals surface area contributed by atoms with Crippen LogP contribution >= 0.6 is 11.8 Å². The Kier molecular flexibility index (Phi) is 4.30. The van der Waals surface area contributed by atoms with Crippen LogP contribution in [-0.4, -0.2) is 31.8 Å². The number of H-pyrrole nitrogens is 1. The molecule has 0 aliphatic carbocycles. The van der Waals surface area contributed by atoms with Crippen LogP contribution < -0.4 is 10.9 Å². The molecule has 4 N–H and O–H groups in total. The fourth-order valence-electron chi connectivity index (χ4n) is 2.60. The highest BCUT2D eigenvalue weighted by molar-refractivity contribution is 7.99. The molecule has 3 rings (SSSR count). The zero-order valence-electron chi connectivity index (χ0n) is 12.6. The molecule has 0 spiro atoms. The predicted molar refractivity (Wildman–Crippen MR) is 90.6 cm³/mol. The molecule has 8 heteroatoms. The molecular formula is C16H15N3O4S. The molecule has 24 heavy (non-hydrogen) atoms. The Morgan fingerprint density at radius 1 is 1.33 bits per heavy atom. The maximum atomic E-state index is 12.5. The third-order valence-corrected chi connectivity index (χ3v) is 4.54. The Morgan fingerprint density at radius 3 is 2.83 bits per heavy atom. The van der Waals surface area contributed by atoms with Crippen LogP contribution in [0.1, 0.15) is 23.5 Å². The third-order valence-electron chi connectivity index (χ3n) is 3.67. The van der Waals surface area contributed by atoms with Crippen LogP contribution in [0.5, 0.6) is 11.5 Å². The Bertz CT molecular complexity index is 878. The number of aromatic amines is 1. The molecule has 1 atom stereocenters. The number of carbonyl (C=O) groups excluding carboxylic acids is 1. The summed E-state index contributed by atoms with van der Waals surface area (Å²) >= 11 is 1.30. The monoisotopic (exact) mass is 345 g/mol. The summed E-state index contributed by atoms with van der Waals surface area (Å²) < 4.78 is 0. The molecule has 0 unspecified atom stereocenters. The van der Waals surface area contributed by atoms with Crippen molar-refractivity contribution >= 4 is 23.5 Å². The molecule has 124 valence electrons. The average Bonchev–Trinajstić information content (AvgIpc) is 2.54. The molecule has 7 nitrogen and oxygen atoms in total. The van der Waals surface area contributed by atoms with E-state index < -0.39 is 5.92 Å². The topological polar surface area (TPSA) is 115 Å². The number of carbonyl (C=O) groups is 1. The summed E-state index contributed by atoms with van der Waals surface area (Å²) in [6.45, 7) is 3.61. The van der Waals surface area contributed by atoms with Gasteiger partial charge in [0.1, 0.15) is 5.82 Å². The lowest BCUT2D eigenvalue weighted by Crippen LogP contribution is -2.31. The Morgan fingerprint density at radius 2 is 2.12 bits per heavy atom. The highest BCUT2D eigenvalue weighted by Crippen LogP contribution is 2.37. The van der Waals surface area contributed by atoms with Crippen LogP contribution in [0.3, 0.4) is 0 Å². The van der Waals surface area contributed by atoms with Gasteiger partial charge < -0.3 is 20.5 Å². The van der Waals surface area contributed by atoms with Gasteiger partial charge in [-0.3, -0.25) is 9.59 Å². The van der Waals surface area contributed by atoms with Gasteiger partial charge in [-0.25, -0.2) is 4.98 Å². The van der Waals surface area contributed by atoms with Crippen LogP contribution in [-0.2, 0) is 4.79 Å². The Balaban J connectivity index is 2.09. The first-order valence-electron chi connectivity index (χ1n) is 7.19. The quantitative estimate of drug-likeness (QED) is 0.291. The van der Waals surface area contributed by atoms with Gasteiger partial charge in [-0.15, -0.1) is 6.58 Å². The van der Waals surface area contributed by atoms with Gasteiger partial charge in [-0.1, -0.05) is 23.9 Å². The van der Waals surface area contributed by atoms with Crippen molar-refractivity contribution in [2.45, 2.75) is 17.5 Å². The maximum Gasteiger partial charge on any atom is 0.257 e. The molecular weight excluding hydrogens is 330 g/mol. The number of aromatic nitrogens is 2. The van der Waals surface area contributed by atoms with Crippen molar-refractivity contribution in [3.05, 3.63) is 52.3 Å². The number of anilines is 1. The van der Waals surface area contributed by atoms with Gasteiger partial charge in [-0.2, -0.15) is 0 Å². The van der Waals surface area contributed by atoms with Gasteiger partial charge in [0.05, 0.1) is 5.56 Å². The van der Waals surface area contributed by atoms with E-state index in [0.29, 0.717) is 22.0 Å². The number of fused-ring (bicyclic) bond motifs is 1. The molecule has 1 aromatic carbocycles. The fourth-order valence-corrected chi connectivity index (χ4v) is 3.20. The first kappa shape index (κ1) is 16.1. The van der Waals surface area contributed by atoms with Crippen LogP contribution in [0.2, 0.25) is 0 Å². The normalized spacial score (nSPS) is 16.3. The van der Waals surface area contributed by atoms with Crippen molar-refractivity contribution in [2.75, 3.05) is 11.1 Å². The van der Waals surface area contributed by atoms with Crippen molar-refractivity contribution in [3.63, 3.8) is 0 Å². The largest absolute Gasteiger partial charge is 0.504 e. The van der Waals surface area contributed by atoms with E-state index in [1.54, 1.807) is 12.1 Å². The van der Waals surface area contributed by atoms with Crippen molar-refractivity contribution in [3.8, 4) is 11.5 Å². The van der Waals surface area contributed by atoms with Crippen LogP contribution in [0.15, 0.2) is 40.8 Å². The molecule has 0 saturated heterocycles. The highest BCUT2D eigenvalue weighted by atomic mass is 32.2. The van der Waals surface area contributed by atoms with Crippen LogP contribution in [0.25, 0.3) is 0 Å². The number of phenolic OH excluding ortho intramolecular Hbond substituents is 2. The summed E-state index contributed by atoms with van der Waals surface area (Å²) in [5.41, 5.74) is 0.548. The van der Waals surface area contributed by atoms with Gasteiger partial charge in [0.2, 0.25) is 5.91 Å². The first-order chi connectivity index (χ1) is 11.5. The lowest BCUT2D eigenvalue weighted by atomic mass is 9.86. The molecule has 2 heterocycles. The Hall–Kier alpha value is -2.74. The number of hydrogen-bond donors (Lipinski definition) is 4. The zero-order valence-corrected chi connectivity index (χ0v) is 13.4. The second-order valence-corrected chi connectivity index (χ2v) is 6.29. The minimum Gasteiger partial charge on any atom is -0.504 e. The second kappa shape index (κ2) is 6.40. The second-order valence-electron chi connectivity index (χ2n) is 5.29. The lowest BCUT2D eigenvalue weighted by molar-refractivity contribution is -0.116. The summed E-state index contributed by atoms with van der Waals surface area (Å²) in [5, 5.41) is 22.2. The van der Waals surface area contributed by atoms with E-state index in [9.17, 15) is 19.8 Å². The molecule has 0 radical (unpaired) electrons. The zero-order chi connectivity index (χ0) is 17.3.